The molecule has 1 rings (SSSR count). The summed E-state index contributed by atoms with van der Waals surface area (Å²) < 4.78 is 18.0. The van der Waals surface area contributed by atoms with Crippen molar-refractivity contribution in [3.8, 4) is 0 Å². The number of nitrogens with one attached hydrogen (secondary N) is 1. The number of methoxy groups -OCH3 is 1. The number of hydrogen-bond donors (Lipinski definition) is 1. The first kappa shape index (κ1) is 16.4. The van der Waals surface area contributed by atoms with E-state index in [1.165, 1.54) is 19.2 Å². The Morgan fingerprint density at radius 1 is 1.45 bits per heavy atom. The molecule has 0 radical (unpaired) electrons. The number of anilines is 1. The van der Waals surface area contributed by atoms with Gasteiger partial charge in [0.15, 0.2) is 0 Å². The molecule has 0 heterocycles. The molecule has 5 heteroatoms. The number of carbonyl (C=O) groups is 1. The Morgan fingerprint density at radius 3 is 2.70 bits per heavy atom. The molecule has 0 saturated carbocycles. The molecular weight excluding hydrogens is 259 g/mol. The lowest BCUT2D eigenvalue weighted by Crippen LogP contribution is -2.43. The highest BCUT2D eigenvalue weighted by atomic mass is 19.1. The topological polar surface area (TPSA) is 41.6 Å². The highest BCUT2D eigenvalue weighted by Crippen LogP contribution is 2.14. The van der Waals surface area contributed by atoms with Crippen LogP contribution in [0.25, 0.3) is 0 Å². The standard InChI is InChI=1S/C15H23FN2O2/c1-11(2)17-14(15(19)20-4)8-9-18(3)13-7-5-6-12(16)10-13/h5-7,10-11,14,17H,8-9H2,1-4H3. The van der Waals surface area contributed by atoms with E-state index in [0.717, 1.165) is 5.69 Å². The molecular formula is C15H23FN2O2. The van der Waals surface area contributed by atoms with Crippen molar-refractivity contribution in [3.05, 3.63) is 30.1 Å². The molecule has 4 nitrogen and oxygen atoms in total. The third-order valence-corrected chi connectivity index (χ3v) is 3.02. The van der Waals surface area contributed by atoms with Crippen molar-refractivity contribution >= 4 is 11.7 Å². The van der Waals surface area contributed by atoms with Crippen molar-refractivity contribution in [2.75, 3.05) is 25.6 Å². The van der Waals surface area contributed by atoms with Gasteiger partial charge in [-0.2, -0.15) is 0 Å². The van der Waals surface area contributed by atoms with E-state index in [4.69, 9.17) is 4.74 Å². The molecule has 0 fully saturated rings. The molecule has 1 aromatic carbocycles. The van der Waals surface area contributed by atoms with E-state index in [1.54, 1.807) is 6.07 Å². The van der Waals surface area contributed by atoms with Crippen LogP contribution < -0.4 is 10.2 Å². The lowest BCUT2D eigenvalue weighted by Gasteiger charge is -2.24. The number of esters is 1. The van der Waals surface area contributed by atoms with Gasteiger partial charge >= 0.3 is 5.97 Å². The summed E-state index contributed by atoms with van der Waals surface area (Å²) in [5.74, 6) is -0.537. The van der Waals surface area contributed by atoms with Crippen LogP contribution in [-0.4, -0.2) is 38.8 Å². The van der Waals surface area contributed by atoms with Gasteiger partial charge in [0.1, 0.15) is 11.9 Å². The van der Waals surface area contributed by atoms with Crippen LogP contribution in [0.4, 0.5) is 10.1 Å². The Labute approximate surface area is 119 Å². The second-order valence-electron chi connectivity index (χ2n) is 5.09. The number of nitrogens with zero attached hydrogens (tertiary/aromatic N) is 1. The molecule has 0 aliphatic carbocycles. The number of carbonyl (C=O) groups excluding carboxylic acids is 1. The van der Waals surface area contributed by atoms with E-state index in [1.807, 2.05) is 31.9 Å². The SMILES string of the molecule is COC(=O)C(CCN(C)c1cccc(F)c1)NC(C)C. The van der Waals surface area contributed by atoms with Gasteiger partial charge in [-0.15, -0.1) is 0 Å². The quantitative estimate of drug-likeness (QED) is 0.778. The summed E-state index contributed by atoms with van der Waals surface area (Å²) in [6.45, 7) is 4.58. The fourth-order valence-corrected chi connectivity index (χ4v) is 1.98. The maximum absolute atomic E-state index is 13.2. The largest absolute Gasteiger partial charge is 0.468 e. The normalized spacial score (nSPS) is 12.3. The van der Waals surface area contributed by atoms with Crippen molar-refractivity contribution in [1.82, 2.24) is 5.32 Å². The minimum Gasteiger partial charge on any atom is -0.468 e. The van der Waals surface area contributed by atoms with E-state index in [0.29, 0.717) is 13.0 Å². The van der Waals surface area contributed by atoms with Gasteiger partial charge in [0, 0.05) is 25.3 Å². The van der Waals surface area contributed by atoms with Crippen LogP contribution in [-0.2, 0) is 9.53 Å². The molecule has 0 saturated heterocycles. The zero-order chi connectivity index (χ0) is 15.1. The number of rotatable bonds is 7. The summed E-state index contributed by atoms with van der Waals surface area (Å²) in [5.41, 5.74) is 0.790. The summed E-state index contributed by atoms with van der Waals surface area (Å²) in [4.78, 5) is 13.6. The van der Waals surface area contributed by atoms with E-state index in [2.05, 4.69) is 5.32 Å². The van der Waals surface area contributed by atoms with Gasteiger partial charge in [0.2, 0.25) is 0 Å². The number of ether oxygens (including phenoxy) is 1. The van der Waals surface area contributed by atoms with Crippen LogP contribution in [0.3, 0.4) is 0 Å². The maximum atomic E-state index is 13.2. The van der Waals surface area contributed by atoms with Gasteiger partial charge < -0.3 is 15.0 Å². The summed E-state index contributed by atoms with van der Waals surface area (Å²) in [6, 6.07) is 6.24. The molecule has 1 aromatic rings. The zero-order valence-electron chi connectivity index (χ0n) is 12.5. The Hall–Kier alpha value is -1.62. The van der Waals surface area contributed by atoms with Crippen LogP contribution in [0.2, 0.25) is 0 Å². The molecule has 0 aromatic heterocycles. The first-order valence-electron chi connectivity index (χ1n) is 6.74. The van der Waals surface area contributed by atoms with Gasteiger partial charge in [-0.3, -0.25) is 4.79 Å². The average Bonchev–Trinajstić information content (AvgIpc) is 2.41. The van der Waals surface area contributed by atoms with Gasteiger partial charge in [-0.1, -0.05) is 19.9 Å². The van der Waals surface area contributed by atoms with E-state index >= 15 is 0 Å². The lowest BCUT2D eigenvalue weighted by atomic mass is 10.1. The van der Waals surface area contributed by atoms with E-state index in [-0.39, 0.29) is 23.9 Å². The first-order valence-corrected chi connectivity index (χ1v) is 6.74. The third-order valence-electron chi connectivity index (χ3n) is 3.02. The Kier molecular flexibility index (Phi) is 6.45. The van der Waals surface area contributed by atoms with Crippen molar-refractivity contribution in [1.29, 1.82) is 0 Å². The molecule has 0 bridgehead atoms. The molecule has 0 aliphatic heterocycles. The number of hydrogen-bond acceptors (Lipinski definition) is 4. The molecule has 112 valence electrons. The second-order valence-corrected chi connectivity index (χ2v) is 5.09. The Morgan fingerprint density at radius 2 is 2.15 bits per heavy atom. The molecule has 0 amide bonds. The summed E-state index contributed by atoms with van der Waals surface area (Å²) in [7, 11) is 3.26. The third kappa shape index (κ3) is 5.17. The summed E-state index contributed by atoms with van der Waals surface area (Å²) >= 11 is 0. The number of halogens is 1. The Balaban J connectivity index is 2.60. The van der Waals surface area contributed by atoms with Crippen molar-refractivity contribution < 1.29 is 13.9 Å². The maximum Gasteiger partial charge on any atom is 0.322 e. The predicted molar refractivity (Wildman–Crippen MR) is 78.4 cm³/mol. The predicted octanol–water partition coefficient (Wildman–Crippen LogP) is 2.19. The molecule has 0 spiro atoms. The molecule has 1 unspecified atom stereocenters. The van der Waals surface area contributed by atoms with Crippen LogP contribution in [0.5, 0.6) is 0 Å². The van der Waals surface area contributed by atoms with Crippen LogP contribution in [0.15, 0.2) is 24.3 Å². The minimum atomic E-state index is -0.351. The average molecular weight is 282 g/mol. The van der Waals surface area contributed by atoms with Crippen molar-refractivity contribution in [3.63, 3.8) is 0 Å². The second kappa shape index (κ2) is 7.85. The van der Waals surface area contributed by atoms with Gasteiger partial charge in [-0.25, -0.2) is 4.39 Å². The summed E-state index contributed by atoms with van der Waals surface area (Å²) in [6.07, 6.45) is 0.595. The summed E-state index contributed by atoms with van der Waals surface area (Å²) in [5, 5.41) is 3.17. The van der Waals surface area contributed by atoms with Crippen molar-refractivity contribution in [2.24, 2.45) is 0 Å². The fourth-order valence-electron chi connectivity index (χ4n) is 1.98. The van der Waals surface area contributed by atoms with Crippen LogP contribution in [0.1, 0.15) is 20.3 Å². The Bertz CT molecular complexity index is 438. The smallest absolute Gasteiger partial charge is 0.322 e. The highest BCUT2D eigenvalue weighted by Gasteiger charge is 2.20. The molecule has 1 N–H and O–H groups in total. The number of benzene rings is 1. The van der Waals surface area contributed by atoms with Gasteiger partial charge in [0.25, 0.3) is 0 Å². The van der Waals surface area contributed by atoms with E-state index < -0.39 is 0 Å². The minimum absolute atomic E-state index is 0.193. The molecule has 0 aliphatic rings. The van der Waals surface area contributed by atoms with Crippen LogP contribution >= 0.6 is 0 Å². The highest BCUT2D eigenvalue weighted by molar-refractivity contribution is 5.75. The van der Waals surface area contributed by atoms with Crippen molar-refractivity contribution in [2.45, 2.75) is 32.4 Å². The zero-order valence-corrected chi connectivity index (χ0v) is 12.5. The van der Waals surface area contributed by atoms with E-state index in [9.17, 15) is 9.18 Å². The monoisotopic (exact) mass is 282 g/mol. The lowest BCUT2D eigenvalue weighted by molar-refractivity contribution is -0.143. The molecule has 20 heavy (non-hydrogen) atoms. The van der Waals surface area contributed by atoms with Crippen LogP contribution in [0, 0.1) is 5.82 Å². The van der Waals surface area contributed by atoms with Gasteiger partial charge in [0.05, 0.1) is 7.11 Å². The molecule has 1 atom stereocenters. The fraction of sp³-hybridized carbons (Fsp3) is 0.533. The van der Waals surface area contributed by atoms with Gasteiger partial charge in [-0.05, 0) is 24.6 Å². The first-order chi connectivity index (χ1) is 9.43.